The summed E-state index contributed by atoms with van der Waals surface area (Å²) in [6, 6.07) is 13.9. The number of carbonyl (C=O) groups is 1. The van der Waals surface area contributed by atoms with Gasteiger partial charge in [-0.2, -0.15) is 0 Å². The van der Waals surface area contributed by atoms with E-state index in [1.165, 1.54) is 11.1 Å². The number of sulfone groups is 1. The fourth-order valence-corrected chi connectivity index (χ4v) is 7.30. The van der Waals surface area contributed by atoms with Crippen molar-refractivity contribution in [2.75, 3.05) is 17.2 Å². The van der Waals surface area contributed by atoms with E-state index in [0.717, 1.165) is 41.3 Å². The molecule has 2 aromatic heterocycles. The van der Waals surface area contributed by atoms with Gasteiger partial charge in [-0.05, 0) is 42.0 Å². The number of nitrogen functional groups attached to an aromatic ring is 1. The number of nitrogens with one attached hydrogen (secondary N) is 2. The first-order valence-corrected chi connectivity index (χ1v) is 14.0. The molecule has 184 valence electrons. The highest BCUT2D eigenvalue weighted by atomic mass is 32.2. The number of nitrogens with two attached hydrogens (primary N) is 1. The molecule has 2 aromatic carbocycles. The Kier molecular flexibility index (Phi) is 5.33. The number of para-hydroxylation sites is 1. The Bertz CT molecular complexity index is 1560. The highest BCUT2D eigenvalue weighted by Gasteiger charge is 2.42. The summed E-state index contributed by atoms with van der Waals surface area (Å²) in [5.41, 5.74) is 11.2. The number of benzene rings is 2. The van der Waals surface area contributed by atoms with E-state index < -0.39 is 9.84 Å². The van der Waals surface area contributed by atoms with Crippen molar-refractivity contribution in [2.24, 2.45) is 0 Å². The van der Waals surface area contributed by atoms with E-state index in [1.807, 2.05) is 12.3 Å². The van der Waals surface area contributed by atoms with Crippen LogP contribution >= 0.6 is 0 Å². The van der Waals surface area contributed by atoms with Crippen molar-refractivity contribution in [3.05, 3.63) is 77.7 Å². The highest BCUT2D eigenvalue weighted by molar-refractivity contribution is 7.91. The van der Waals surface area contributed by atoms with Gasteiger partial charge in [0.1, 0.15) is 0 Å². The van der Waals surface area contributed by atoms with Crippen LogP contribution in [0.3, 0.4) is 0 Å². The van der Waals surface area contributed by atoms with Gasteiger partial charge >= 0.3 is 0 Å². The molecule has 0 bridgehead atoms. The van der Waals surface area contributed by atoms with Crippen molar-refractivity contribution in [3.63, 3.8) is 0 Å². The maximum Gasteiger partial charge on any atom is 0.253 e. The Morgan fingerprint density at radius 1 is 1.06 bits per heavy atom. The summed E-state index contributed by atoms with van der Waals surface area (Å²) in [5, 5.41) is 3.95. The monoisotopic (exact) mass is 501 g/mol. The van der Waals surface area contributed by atoms with Crippen molar-refractivity contribution in [1.82, 2.24) is 20.3 Å². The first-order chi connectivity index (χ1) is 17.3. The van der Waals surface area contributed by atoms with Crippen molar-refractivity contribution in [3.8, 4) is 11.1 Å². The summed E-state index contributed by atoms with van der Waals surface area (Å²) in [6.45, 7) is 0. The van der Waals surface area contributed by atoms with E-state index in [-0.39, 0.29) is 34.8 Å². The summed E-state index contributed by atoms with van der Waals surface area (Å²) < 4.78 is 23.6. The van der Waals surface area contributed by atoms with Crippen LogP contribution in [-0.4, -0.2) is 46.8 Å². The lowest BCUT2D eigenvalue weighted by Gasteiger charge is -2.43. The van der Waals surface area contributed by atoms with Crippen LogP contribution in [0, 0.1) is 0 Å². The molecular formula is C27H27N5O3S. The van der Waals surface area contributed by atoms with Crippen LogP contribution in [0.2, 0.25) is 0 Å². The number of nitrogens with zero attached hydrogens (tertiary/aromatic N) is 2. The molecule has 3 heterocycles. The predicted octanol–water partition coefficient (Wildman–Crippen LogP) is 3.59. The number of hydrogen-bond donors (Lipinski definition) is 3. The van der Waals surface area contributed by atoms with Gasteiger partial charge in [0.25, 0.3) is 5.91 Å². The molecule has 1 unspecified atom stereocenters. The van der Waals surface area contributed by atoms with E-state index in [0.29, 0.717) is 12.0 Å². The minimum absolute atomic E-state index is 0.00624. The summed E-state index contributed by atoms with van der Waals surface area (Å²) in [7, 11) is -3.07. The minimum atomic E-state index is -3.07. The number of hydrogen-bond acceptors (Lipinski definition) is 6. The quantitative estimate of drug-likeness (QED) is 0.383. The average molecular weight is 502 g/mol. The maximum absolute atomic E-state index is 13.1. The molecule has 1 saturated carbocycles. The Balaban J connectivity index is 1.32. The molecule has 1 atom stereocenters. The van der Waals surface area contributed by atoms with E-state index in [9.17, 15) is 13.2 Å². The Hall–Kier alpha value is -3.72. The number of H-pyrrole nitrogens is 1. The van der Waals surface area contributed by atoms with Crippen LogP contribution in [0.1, 0.15) is 47.2 Å². The van der Waals surface area contributed by atoms with Gasteiger partial charge in [-0.25, -0.2) is 18.4 Å². The third-order valence-corrected chi connectivity index (χ3v) is 9.46. The van der Waals surface area contributed by atoms with Gasteiger partial charge in [-0.3, -0.25) is 4.79 Å². The van der Waals surface area contributed by atoms with Gasteiger partial charge in [0, 0.05) is 41.0 Å². The Labute approximate surface area is 209 Å². The van der Waals surface area contributed by atoms with E-state index in [4.69, 9.17) is 5.73 Å². The highest BCUT2D eigenvalue weighted by Crippen LogP contribution is 2.51. The molecule has 9 heteroatoms. The van der Waals surface area contributed by atoms with Gasteiger partial charge in [0.2, 0.25) is 5.95 Å². The molecular weight excluding hydrogens is 474 g/mol. The third kappa shape index (κ3) is 3.83. The van der Waals surface area contributed by atoms with Crippen molar-refractivity contribution in [1.29, 1.82) is 0 Å². The molecule has 0 spiro atoms. The fourth-order valence-electron chi connectivity index (χ4n) is 5.62. The van der Waals surface area contributed by atoms with E-state index >= 15 is 0 Å². The minimum Gasteiger partial charge on any atom is -0.368 e. The molecule has 1 aliphatic heterocycles. The average Bonchev–Trinajstić information content (AvgIpc) is 3.42. The molecule has 1 saturated heterocycles. The van der Waals surface area contributed by atoms with Gasteiger partial charge < -0.3 is 16.0 Å². The summed E-state index contributed by atoms with van der Waals surface area (Å²) >= 11 is 0. The Morgan fingerprint density at radius 2 is 1.81 bits per heavy atom. The van der Waals surface area contributed by atoms with Crippen molar-refractivity contribution >= 4 is 32.6 Å². The van der Waals surface area contributed by atoms with Crippen LogP contribution in [0.5, 0.6) is 0 Å². The molecule has 1 amide bonds. The molecule has 2 aliphatic rings. The zero-order valence-corrected chi connectivity index (χ0v) is 20.5. The standard InChI is InChI=1S/C27H27N5O3S/c28-26-30-13-18(14-31-26)17-5-7-19(8-6-17)27(10-2-11-27)23-15-29-24-21(23)3-1-4-22(24)25(33)32-20-9-12-36(34,35)16-20/h1,3-8,13-15,20,29H,2,9-12,16H2,(H,32,33)(H2,28,30,31). The zero-order valence-electron chi connectivity index (χ0n) is 19.7. The number of aromatic nitrogens is 3. The van der Waals surface area contributed by atoms with Crippen LogP contribution < -0.4 is 11.1 Å². The molecule has 36 heavy (non-hydrogen) atoms. The van der Waals surface area contributed by atoms with Crippen LogP contribution in [0.15, 0.2) is 61.1 Å². The molecule has 0 radical (unpaired) electrons. The van der Waals surface area contributed by atoms with Crippen LogP contribution in [-0.2, 0) is 15.3 Å². The smallest absolute Gasteiger partial charge is 0.253 e. The SMILES string of the molecule is Nc1ncc(-c2ccc(C3(c4c[nH]c5c(C(=O)NC6CCS(=O)(=O)C6)cccc45)CCC3)cc2)cn1. The predicted molar refractivity (Wildman–Crippen MR) is 139 cm³/mol. The van der Waals surface area contributed by atoms with Gasteiger partial charge in [0.05, 0.1) is 22.6 Å². The largest absolute Gasteiger partial charge is 0.368 e. The molecule has 2 fully saturated rings. The van der Waals surface area contributed by atoms with Crippen LogP contribution in [0.25, 0.3) is 22.0 Å². The molecule has 8 nitrogen and oxygen atoms in total. The second kappa shape index (κ2) is 8.44. The number of fused-ring (bicyclic) bond motifs is 1. The van der Waals surface area contributed by atoms with Gasteiger partial charge in [-0.15, -0.1) is 0 Å². The fraction of sp³-hybridized carbons (Fsp3) is 0.296. The van der Waals surface area contributed by atoms with Crippen molar-refractivity contribution in [2.45, 2.75) is 37.1 Å². The van der Waals surface area contributed by atoms with E-state index in [1.54, 1.807) is 18.5 Å². The van der Waals surface area contributed by atoms with E-state index in [2.05, 4.69) is 50.6 Å². The van der Waals surface area contributed by atoms with Gasteiger partial charge in [-0.1, -0.05) is 42.8 Å². The Morgan fingerprint density at radius 3 is 2.44 bits per heavy atom. The normalized spacial score (nSPS) is 20.2. The number of aromatic amines is 1. The molecule has 4 N–H and O–H groups in total. The molecule has 4 aromatic rings. The van der Waals surface area contributed by atoms with Crippen LogP contribution in [0.4, 0.5) is 5.95 Å². The second-order valence-corrected chi connectivity index (χ2v) is 12.1. The maximum atomic E-state index is 13.1. The lowest BCUT2D eigenvalue weighted by molar-refractivity contribution is 0.0942. The molecule has 6 rings (SSSR count). The molecule has 1 aliphatic carbocycles. The number of carbonyl (C=O) groups excluding carboxylic acids is 1. The summed E-state index contributed by atoms with van der Waals surface area (Å²) in [5.74, 6) is 0.145. The number of rotatable bonds is 5. The topological polar surface area (TPSA) is 131 Å². The van der Waals surface area contributed by atoms with Crippen molar-refractivity contribution < 1.29 is 13.2 Å². The lowest BCUT2D eigenvalue weighted by Crippen LogP contribution is -2.36. The number of anilines is 1. The van der Waals surface area contributed by atoms with Gasteiger partial charge in [0.15, 0.2) is 9.84 Å². The zero-order chi connectivity index (χ0) is 24.9. The lowest BCUT2D eigenvalue weighted by atomic mass is 9.60. The second-order valence-electron chi connectivity index (χ2n) is 9.85. The number of amides is 1. The summed E-state index contributed by atoms with van der Waals surface area (Å²) in [4.78, 5) is 24.6. The third-order valence-electron chi connectivity index (χ3n) is 7.69. The first kappa shape index (κ1) is 22.7. The first-order valence-electron chi connectivity index (χ1n) is 12.1. The summed E-state index contributed by atoms with van der Waals surface area (Å²) in [6.07, 6.45) is 9.13.